The van der Waals surface area contributed by atoms with Gasteiger partial charge in [-0.05, 0) is 57.2 Å². The number of hydrogen-bond acceptors (Lipinski definition) is 4. The summed E-state index contributed by atoms with van der Waals surface area (Å²) < 4.78 is 27.4. The predicted octanol–water partition coefficient (Wildman–Crippen LogP) is 2.90. The van der Waals surface area contributed by atoms with Gasteiger partial charge < -0.3 is 5.11 Å². The molecule has 1 atom stereocenters. The number of rotatable bonds is 3. The van der Waals surface area contributed by atoms with Gasteiger partial charge in [0.05, 0.1) is 7.57 Å². The molecule has 0 aromatic carbocycles. The summed E-state index contributed by atoms with van der Waals surface area (Å²) in [5.74, 6) is -1.09. The second-order valence-electron chi connectivity index (χ2n) is 4.15. The number of piperidine rings is 1. The lowest BCUT2D eigenvalue weighted by molar-refractivity contribution is -0.142. The number of carboxylic acids is 1. The molecule has 1 fully saturated rings. The molecule has 0 unspecified atom stereocenters. The van der Waals surface area contributed by atoms with Crippen LogP contribution in [0, 0.1) is 0 Å². The molecular formula is C10H11Br2NO4S2. The van der Waals surface area contributed by atoms with E-state index in [1.54, 1.807) is 0 Å². The maximum Gasteiger partial charge on any atom is 0.322 e. The third-order valence-corrected chi connectivity index (χ3v) is 7.61. The fraction of sp³-hybridized carbons (Fsp3) is 0.500. The van der Waals surface area contributed by atoms with E-state index >= 15 is 0 Å². The van der Waals surface area contributed by atoms with E-state index in [0.29, 0.717) is 20.4 Å². The number of sulfonamides is 1. The molecule has 0 saturated carbocycles. The molecule has 0 radical (unpaired) electrons. The zero-order valence-corrected chi connectivity index (χ0v) is 14.5. The maximum atomic E-state index is 12.6. The Morgan fingerprint density at radius 2 is 2.11 bits per heavy atom. The van der Waals surface area contributed by atoms with Crippen molar-refractivity contribution in [1.82, 2.24) is 4.31 Å². The van der Waals surface area contributed by atoms with Crippen LogP contribution in [0.4, 0.5) is 0 Å². The Bertz CT molecular complexity index is 599. The minimum atomic E-state index is -3.78. The molecule has 9 heteroatoms. The average Bonchev–Trinajstić information content (AvgIpc) is 2.69. The van der Waals surface area contributed by atoms with Crippen molar-refractivity contribution < 1.29 is 18.3 Å². The molecule has 2 heterocycles. The molecule has 1 aliphatic heterocycles. The highest BCUT2D eigenvalue weighted by Gasteiger charge is 2.38. The van der Waals surface area contributed by atoms with E-state index in [2.05, 4.69) is 31.9 Å². The molecule has 1 aromatic heterocycles. The quantitative estimate of drug-likeness (QED) is 0.796. The summed E-state index contributed by atoms with van der Waals surface area (Å²) in [6.45, 7) is 0.249. The van der Waals surface area contributed by atoms with Gasteiger partial charge in [-0.25, -0.2) is 8.42 Å². The van der Waals surface area contributed by atoms with Crippen LogP contribution in [0.2, 0.25) is 0 Å². The minimum absolute atomic E-state index is 0.123. The van der Waals surface area contributed by atoms with Crippen molar-refractivity contribution in [2.75, 3.05) is 6.54 Å². The van der Waals surface area contributed by atoms with Crippen molar-refractivity contribution >= 4 is 59.2 Å². The van der Waals surface area contributed by atoms with Crippen LogP contribution in [0.3, 0.4) is 0 Å². The topological polar surface area (TPSA) is 74.7 Å². The SMILES string of the molecule is O=C(O)[C@@H]1CCCCN1S(=O)(=O)c1cc(Br)sc1Br. The van der Waals surface area contributed by atoms with Crippen LogP contribution in [-0.4, -0.2) is 36.4 Å². The number of thiophene rings is 1. The van der Waals surface area contributed by atoms with Crippen LogP contribution in [0.5, 0.6) is 0 Å². The van der Waals surface area contributed by atoms with E-state index in [9.17, 15) is 13.2 Å². The number of aliphatic carboxylic acids is 1. The second kappa shape index (κ2) is 5.80. The molecule has 1 saturated heterocycles. The van der Waals surface area contributed by atoms with Crippen LogP contribution >= 0.6 is 43.2 Å². The summed E-state index contributed by atoms with van der Waals surface area (Å²) >= 11 is 7.69. The summed E-state index contributed by atoms with van der Waals surface area (Å²) in [4.78, 5) is 11.3. The van der Waals surface area contributed by atoms with Gasteiger partial charge in [0.25, 0.3) is 0 Å². The zero-order valence-electron chi connectivity index (χ0n) is 9.67. The van der Waals surface area contributed by atoms with Gasteiger partial charge in [0.1, 0.15) is 10.9 Å². The number of hydrogen-bond donors (Lipinski definition) is 1. The number of carbonyl (C=O) groups is 1. The fourth-order valence-corrected chi connectivity index (χ4v) is 7.48. The monoisotopic (exact) mass is 431 g/mol. The Hall–Kier alpha value is 0.0400. The molecule has 19 heavy (non-hydrogen) atoms. The molecule has 1 aliphatic rings. The van der Waals surface area contributed by atoms with Crippen LogP contribution in [0.1, 0.15) is 19.3 Å². The van der Waals surface area contributed by atoms with E-state index in [1.165, 1.54) is 17.4 Å². The second-order valence-corrected chi connectivity index (χ2v) is 9.76. The molecule has 5 nitrogen and oxygen atoms in total. The highest BCUT2D eigenvalue weighted by atomic mass is 79.9. The normalized spacial score (nSPS) is 21.5. The lowest BCUT2D eigenvalue weighted by Gasteiger charge is -2.31. The molecule has 1 N–H and O–H groups in total. The molecule has 1 aromatic rings. The molecule has 0 bridgehead atoms. The Kier molecular flexibility index (Phi) is 4.71. The van der Waals surface area contributed by atoms with Gasteiger partial charge in [-0.3, -0.25) is 4.79 Å². The molecule has 0 spiro atoms. The molecule has 2 rings (SSSR count). The van der Waals surface area contributed by atoms with Crippen LogP contribution in [0.25, 0.3) is 0 Å². The first-order valence-corrected chi connectivity index (χ1v) is 9.38. The number of nitrogens with zero attached hydrogens (tertiary/aromatic N) is 1. The first-order valence-electron chi connectivity index (χ1n) is 5.53. The average molecular weight is 433 g/mol. The van der Waals surface area contributed by atoms with Crippen molar-refractivity contribution in [3.63, 3.8) is 0 Å². The zero-order chi connectivity index (χ0) is 14.2. The summed E-state index contributed by atoms with van der Waals surface area (Å²) in [7, 11) is -3.78. The van der Waals surface area contributed by atoms with Gasteiger partial charge in [0, 0.05) is 6.54 Å². The van der Waals surface area contributed by atoms with Gasteiger partial charge in [-0.15, -0.1) is 11.3 Å². The van der Waals surface area contributed by atoms with Crippen molar-refractivity contribution in [2.45, 2.75) is 30.2 Å². The first kappa shape index (κ1) is 15.4. The highest BCUT2D eigenvalue weighted by Crippen LogP contribution is 2.37. The van der Waals surface area contributed by atoms with Gasteiger partial charge in [-0.1, -0.05) is 0 Å². The third kappa shape index (κ3) is 3.05. The molecule has 0 amide bonds. The maximum absolute atomic E-state index is 12.6. The first-order chi connectivity index (χ1) is 8.84. The van der Waals surface area contributed by atoms with E-state index in [4.69, 9.17) is 5.11 Å². The lowest BCUT2D eigenvalue weighted by Crippen LogP contribution is -2.47. The van der Waals surface area contributed by atoms with E-state index in [-0.39, 0.29) is 11.4 Å². The Labute approximate surface area is 131 Å². The van der Waals surface area contributed by atoms with Crippen molar-refractivity contribution in [2.24, 2.45) is 0 Å². The lowest BCUT2D eigenvalue weighted by atomic mass is 10.1. The highest BCUT2D eigenvalue weighted by molar-refractivity contribution is 9.12. The van der Waals surface area contributed by atoms with Gasteiger partial charge in [-0.2, -0.15) is 4.31 Å². The van der Waals surface area contributed by atoms with Crippen molar-refractivity contribution in [1.29, 1.82) is 0 Å². The van der Waals surface area contributed by atoms with Crippen LogP contribution in [-0.2, 0) is 14.8 Å². The Balaban J connectivity index is 2.43. The van der Waals surface area contributed by atoms with E-state index in [0.717, 1.165) is 10.7 Å². The van der Waals surface area contributed by atoms with Gasteiger partial charge in [0.2, 0.25) is 10.0 Å². The predicted molar refractivity (Wildman–Crippen MR) is 78.9 cm³/mol. The summed E-state index contributed by atoms with van der Waals surface area (Å²) in [6.07, 6.45) is 1.78. The van der Waals surface area contributed by atoms with Gasteiger partial charge >= 0.3 is 5.97 Å². The van der Waals surface area contributed by atoms with Crippen LogP contribution < -0.4 is 0 Å². The Morgan fingerprint density at radius 3 is 2.63 bits per heavy atom. The molecule has 0 aliphatic carbocycles. The number of halogens is 2. The molecular weight excluding hydrogens is 422 g/mol. The van der Waals surface area contributed by atoms with E-state index < -0.39 is 22.0 Å². The largest absolute Gasteiger partial charge is 0.480 e. The van der Waals surface area contributed by atoms with Crippen molar-refractivity contribution in [3.8, 4) is 0 Å². The van der Waals surface area contributed by atoms with E-state index in [1.807, 2.05) is 0 Å². The standard InChI is InChI=1S/C10H11Br2NO4S2/c11-8-5-7(9(12)18-8)19(16,17)13-4-2-1-3-6(13)10(14)15/h5-6H,1-4H2,(H,14,15)/t6-/m0/s1. The van der Waals surface area contributed by atoms with Gasteiger partial charge in [0.15, 0.2) is 0 Å². The van der Waals surface area contributed by atoms with Crippen LogP contribution in [0.15, 0.2) is 18.5 Å². The number of carboxylic acid groups (broad SMARTS) is 1. The Morgan fingerprint density at radius 1 is 1.42 bits per heavy atom. The smallest absolute Gasteiger partial charge is 0.322 e. The summed E-state index contributed by atoms with van der Waals surface area (Å²) in [6, 6.07) is 0.529. The third-order valence-electron chi connectivity index (χ3n) is 2.95. The summed E-state index contributed by atoms with van der Waals surface area (Å²) in [5.41, 5.74) is 0. The minimum Gasteiger partial charge on any atom is -0.480 e. The fourth-order valence-electron chi connectivity index (χ4n) is 2.07. The summed E-state index contributed by atoms with van der Waals surface area (Å²) in [5, 5.41) is 9.17. The molecule has 106 valence electrons. The van der Waals surface area contributed by atoms with Crippen molar-refractivity contribution in [3.05, 3.63) is 13.6 Å².